The van der Waals surface area contributed by atoms with Crippen LogP contribution in [0, 0.1) is 23.7 Å². The van der Waals surface area contributed by atoms with E-state index in [0.29, 0.717) is 28.5 Å². The zero-order chi connectivity index (χ0) is 37.2. The second kappa shape index (κ2) is 14.2. The van der Waals surface area contributed by atoms with Crippen LogP contribution in [-0.4, -0.2) is 92.8 Å². The largest absolute Gasteiger partial charge is 0.527 e. The van der Waals surface area contributed by atoms with Crippen molar-refractivity contribution in [3.05, 3.63) is 64.2 Å². The van der Waals surface area contributed by atoms with Gasteiger partial charge >= 0.3 is 13.8 Å². The molecule has 1 spiro atoms. The minimum Gasteiger partial charge on any atom is -0.487 e. The Balaban J connectivity index is 1.10. The third-order valence-corrected chi connectivity index (χ3v) is 12.7. The van der Waals surface area contributed by atoms with E-state index in [2.05, 4.69) is 0 Å². The van der Waals surface area contributed by atoms with Gasteiger partial charge in [0.05, 0.1) is 12.1 Å². The van der Waals surface area contributed by atoms with E-state index in [-0.39, 0.29) is 35.0 Å². The minimum absolute atomic E-state index is 0.0501. The molecule has 2 aromatic carbocycles. The highest BCUT2D eigenvalue weighted by molar-refractivity contribution is 7.47. The number of phosphoric acid groups is 1. The molecule has 15 nitrogen and oxygen atoms in total. The van der Waals surface area contributed by atoms with Crippen LogP contribution in [0.1, 0.15) is 48.8 Å². The third-order valence-electron chi connectivity index (χ3n) is 11.4. The maximum atomic E-state index is 12.8. The fourth-order valence-electron chi connectivity index (χ4n) is 9.09. The summed E-state index contributed by atoms with van der Waals surface area (Å²) in [4.78, 5) is 34.4. The summed E-state index contributed by atoms with van der Waals surface area (Å²) in [6, 6.07) is 9.30. The van der Waals surface area contributed by atoms with Crippen molar-refractivity contribution < 1.29 is 72.8 Å². The van der Waals surface area contributed by atoms with Crippen LogP contribution in [0.25, 0.3) is 6.08 Å². The molecule has 0 radical (unpaired) electrons. The Labute approximate surface area is 304 Å². The molecule has 284 valence electrons. The molecule has 52 heavy (non-hydrogen) atoms. The number of halogens is 1. The number of phosphoric ester groups is 1. The first kappa shape index (κ1) is 37.7. The molecule has 1 aliphatic heterocycles. The summed E-state index contributed by atoms with van der Waals surface area (Å²) in [6.45, 7) is -0.0501. The van der Waals surface area contributed by atoms with Gasteiger partial charge in [-0.15, -0.1) is 0 Å². The second-order valence-corrected chi connectivity index (χ2v) is 16.0. The maximum absolute atomic E-state index is 12.8. The monoisotopic (exact) mass is 768 g/mol. The lowest BCUT2D eigenvalue weighted by Gasteiger charge is -2.68. The molecular weight excluding hydrogens is 727 g/mol. The van der Waals surface area contributed by atoms with Crippen molar-refractivity contribution in [1.82, 2.24) is 0 Å². The molecule has 8 atom stereocenters. The van der Waals surface area contributed by atoms with Crippen LogP contribution < -0.4 is 9.26 Å². The number of hydrogen-bond donors (Lipinski definition) is 6. The molecule has 1 heterocycles. The Morgan fingerprint density at radius 3 is 2.02 bits per heavy atom. The molecule has 2 unspecified atom stereocenters. The Morgan fingerprint density at radius 2 is 1.48 bits per heavy atom. The molecule has 2 aromatic rings. The van der Waals surface area contributed by atoms with Gasteiger partial charge in [-0.25, -0.2) is 14.2 Å². The van der Waals surface area contributed by atoms with Gasteiger partial charge in [0, 0.05) is 24.3 Å². The van der Waals surface area contributed by atoms with Gasteiger partial charge < -0.3 is 44.3 Å². The number of hydrogen-bond acceptors (Lipinski definition) is 14. The van der Waals surface area contributed by atoms with Crippen LogP contribution in [0.5, 0.6) is 11.5 Å². The lowest BCUT2D eigenvalue weighted by Crippen LogP contribution is -2.76. The molecular formula is C35H42ClO15P. The van der Waals surface area contributed by atoms with Crippen LogP contribution in [0.4, 0.5) is 0 Å². The standard InChI is InChI=1S/C35H42ClO15P/c1-45-25(37)10-6-20-5-9-24(35(46-2)34(50-51-35)21-12-18-11-19(14-21)15-22(34)13-18)26(36)32(20)47-16-17-3-7-23(8-4-17)48-52(43,44)49-33-30(41)28(39)27(38)29(40)31(33)42/h3-10,18-19,21-22,27-31,33,38-42H,11-16H2,1-2H3,(H,43,44)/b10-6+/t18?,19?,21?,22?,27-,28-,29+,30-,31-,33-,34?,35?/m1/s1. The molecule has 4 bridgehead atoms. The van der Waals surface area contributed by atoms with Gasteiger partial charge in [-0.3, -0.25) is 9.42 Å². The summed E-state index contributed by atoms with van der Waals surface area (Å²) in [5, 5.41) is 50.1. The molecule has 17 heteroatoms. The summed E-state index contributed by atoms with van der Waals surface area (Å²) < 4.78 is 40.0. The molecule has 5 saturated carbocycles. The minimum atomic E-state index is -5.04. The average Bonchev–Trinajstić information content (AvgIpc) is 3.11. The number of esters is 1. The predicted molar refractivity (Wildman–Crippen MR) is 179 cm³/mol. The SMILES string of the molecule is COC(=O)/C=C/c1ccc(C2(OC)OOC23C2CC4CC(C2)CC3C4)c(Cl)c1OCc1ccc(OP(=O)(O)O[C@@H]2[C@H](O)[C@H](O)[C@@H](O)[C@H](O)[C@H]2O)cc1. The van der Waals surface area contributed by atoms with Crippen LogP contribution in [0.3, 0.4) is 0 Å². The smallest absolute Gasteiger partial charge is 0.487 e. The normalized spacial score (nSPS) is 38.9. The first-order valence-electron chi connectivity index (χ1n) is 17.1. The highest BCUT2D eigenvalue weighted by Gasteiger charge is 2.77. The highest BCUT2D eigenvalue weighted by Crippen LogP contribution is 2.70. The maximum Gasteiger partial charge on any atom is 0.527 e. The first-order valence-corrected chi connectivity index (χ1v) is 18.9. The van der Waals surface area contributed by atoms with Crippen molar-refractivity contribution in [2.45, 2.75) is 86.7 Å². The number of rotatable bonds is 11. The van der Waals surface area contributed by atoms with Crippen molar-refractivity contribution in [1.29, 1.82) is 0 Å². The summed E-state index contributed by atoms with van der Waals surface area (Å²) in [6.07, 6.45) is -3.66. The lowest BCUT2D eigenvalue weighted by atomic mass is 9.47. The predicted octanol–water partition coefficient (Wildman–Crippen LogP) is 2.74. The number of aliphatic hydroxyl groups excluding tert-OH is 5. The van der Waals surface area contributed by atoms with Crippen LogP contribution >= 0.6 is 19.4 Å². The van der Waals surface area contributed by atoms with Gasteiger partial charge in [-0.1, -0.05) is 35.9 Å². The van der Waals surface area contributed by atoms with Gasteiger partial charge in [0.2, 0.25) is 0 Å². The average molecular weight is 769 g/mol. The van der Waals surface area contributed by atoms with E-state index in [1.807, 2.05) is 0 Å². The topological polar surface area (TPSA) is 220 Å². The second-order valence-electron chi connectivity index (χ2n) is 14.3. The van der Waals surface area contributed by atoms with Crippen molar-refractivity contribution in [3.8, 4) is 11.5 Å². The van der Waals surface area contributed by atoms with Gasteiger partial charge in [0.15, 0.2) is 5.60 Å². The van der Waals surface area contributed by atoms with Crippen molar-refractivity contribution in [2.75, 3.05) is 14.2 Å². The number of aliphatic hydroxyl groups is 5. The lowest BCUT2D eigenvalue weighted by molar-refractivity contribution is -0.645. The summed E-state index contributed by atoms with van der Waals surface area (Å²) >= 11 is 7.16. The van der Waals surface area contributed by atoms with E-state index < -0.39 is 61.8 Å². The van der Waals surface area contributed by atoms with E-state index in [4.69, 9.17) is 44.6 Å². The number of carbonyl (C=O) groups is 1. The number of benzene rings is 2. The van der Waals surface area contributed by atoms with E-state index in [1.54, 1.807) is 19.2 Å². The van der Waals surface area contributed by atoms with Crippen LogP contribution in [-0.2, 0) is 45.5 Å². The van der Waals surface area contributed by atoms with Crippen molar-refractivity contribution in [2.24, 2.45) is 23.7 Å². The van der Waals surface area contributed by atoms with Gasteiger partial charge in [-0.2, -0.15) is 4.89 Å². The molecule has 1 saturated heterocycles. The van der Waals surface area contributed by atoms with Crippen LogP contribution in [0.2, 0.25) is 5.02 Å². The third kappa shape index (κ3) is 6.28. The van der Waals surface area contributed by atoms with Crippen molar-refractivity contribution >= 4 is 31.5 Å². The Kier molecular flexibility index (Phi) is 10.3. The zero-order valence-corrected chi connectivity index (χ0v) is 30.0. The molecule has 8 rings (SSSR count). The van der Waals surface area contributed by atoms with Gasteiger partial charge in [-0.05, 0) is 79.5 Å². The summed E-state index contributed by atoms with van der Waals surface area (Å²) in [7, 11) is -2.20. The van der Waals surface area contributed by atoms with Crippen LogP contribution in [0.15, 0.2) is 42.5 Å². The fourth-order valence-corrected chi connectivity index (χ4v) is 10.4. The van der Waals surface area contributed by atoms with Gasteiger partial charge in [0.25, 0.3) is 5.79 Å². The van der Waals surface area contributed by atoms with Gasteiger partial charge in [0.1, 0.15) is 54.7 Å². The Hall–Kier alpha value is -2.63. The number of ether oxygens (including phenoxy) is 3. The highest BCUT2D eigenvalue weighted by atomic mass is 35.5. The summed E-state index contributed by atoms with van der Waals surface area (Å²) in [5.41, 5.74) is 0.869. The van der Waals surface area contributed by atoms with Crippen molar-refractivity contribution in [3.63, 3.8) is 0 Å². The molecule has 0 amide bonds. The van der Waals surface area contributed by atoms with E-state index in [9.17, 15) is 39.8 Å². The zero-order valence-electron chi connectivity index (χ0n) is 28.3. The molecule has 6 aliphatic rings. The summed E-state index contributed by atoms with van der Waals surface area (Å²) in [5.74, 6) is 0.0325. The van der Waals surface area contributed by atoms with E-state index in [0.717, 1.165) is 25.7 Å². The molecule has 0 aromatic heterocycles. The molecule has 5 aliphatic carbocycles. The quantitative estimate of drug-likeness (QED) is 0.0838. The fraction of sp³-hybridized carbons (Fsp3) is 0.571. The first-order chi connectivity index (χ1) is 24.7. The number of methoxy groups -OCH3 is 2. The number of carbonyl (C=O) groups excluding carboxylic acids is 1. The molecule has 6 N–H and O–H groups in total. The van der Waals surface area contributed by atoms with E-state index >= 15 is 0 Å². The Bertz CT molecular complexity index is 1690. The molecule has 6 fully saturated rings. The Morgan fingerprint density at radius 1 is 0.885 bits per heavy atom. The van der Waals surface area contributed by atoms with E-state index in [1.165, 1.54) is 49.9 Å².